The summed E-state index contributed by atoms with van der Waals surface area (Å²) in [4.78, 5) is -0.447. The number of halogens is 1. The van der Waals surface area contributed by atoms with Crippen molar-refractivity contribution in [3.63, 3.8) is 0 Å². The second kappa shape index (κ2) is 3.46. The first-order chi connectivity index (χ1) is 6.98. The van der Waals surface area contributed by atoms with Gasteiger partial charge in [-0.3, -0.25) is 0 Å². The van der Waals surface area contributed by atoms with Crippen LogP contribution in [0.3, 0.4) is 0 Å². The molecule has 6 heteroatoms. The minimum absolute atomic E-state index is 0.243. The molecule has 3 N–H and O–H groups in total. The van der Waals surface area contributed by atoms with E-state index >= 15 is 0 Å². The van der Waals surface area contributed by atoms with Gasteiger partial charge in [0.05, 0.1) is 5.69 Å². The van der Waals surface area contributed by atoms with E-state index in [4.69, 9.17) is 5.14 Å². The summed E-state index contributed by atoms with van der Waals surface area (Å²) in [6.45, 7) is 0. The fourth-order valence-corrected chi connectivity index (χ4v) is 2.13. The van der Waals surface area contributed by atoms with Gasteiger partial charge in [0.1, 0.15) is 10.7 Å². The first kappa shape index (κ1) is 10.4. The van der Waals surface area contributed by atoms with E-state index in [1.807, 2.05) is 0 Å². The molecule has 0 amide bonds. The number of nitrogens with two attached hydrogens (primary N) is 1. The van der Waals surface area contributed by atoms with Crippen LogP contribution in [0.1, 0.15) is 12.8 Å². The Labute approximate surface area is 87.3 Å². The number of sulfonamides is 1. The van der Waals surface area contributed by atoms with E-state index in [9.17, 15) is 12.8 Å². The van der Waals surface area contributed by atoms with E-state index in [0.29, 0.717) is 0 Å². The fraction of sp³-hybridized carbons (Fsp3) is 0.333. The number of primary sulfonamides is 1. The number of benzene rings is 1. The van der Waals surface area contributed by atoms with Gasteiger partial charge >= 0.3 is 0 Å². The number of rotatable bonds is 3. The summed E-state index contributed by atoms with van der Waals surface area (Å²) in [6, 6.07) is 4.29. The smallest absolute Gasteiger partial charge is 0.243 e. The first-order valence-electron chi connectivity index (χ1n) is 4.56. The molecule has 0 aromatic heterocycles. The van der Waals surface area contributed by atoms with Gasteiger partial charge in [0.25, 0.3) is 0 Å². The monoisotopic (exact) mass is 230 g/mol. The van der Waals surface area contributed by atoms with E-state index in [2.05, 4.69) is 5.32 Å². The van der Waals surface area contributed by atoms with E-state index < -0.39 is 20.7 Å². The lowest BCUT2D eigenvalue weighted by atomic mass is 10.3. The zero-order chi connectivity index (χ0) is 11.1. The number of anilines is 1. The third-order valence-electron chi connectivity index (χ3n) is 2.19. The summed E-state index contributed by atoms with van der Waals surface area (Å²) in [5.74, 6) is -0.817. The molecule has 0 saturated heterocycles. The maximum atomic E-state index is 13.3. The van der Waals surface area contributed by atoms with Gasteiger partial charge < -0.3 is 5.32 Å². The van der Waals surface area contributed by atoms with Gasteiger partial charge in [0.2, 0.25) is 10.0 Å². The molecule has 1 fully saturated rings. The van der Waals surface area contributed by atoms with Crippen molar-refractivity contribution < 1.29 is 12.8 Å². The van der Waals surface area contributed by atoms with E-state index in [1.165, 1.54) is 12.1 Å². The van der Waals surface area contributed by atoms with Crippen LogP contribution in [0.15, 0.2) is 23.1 Å². The average Bonchev–Trinajstić information content (AvgIpc) is 2.85. The van der Waals surface area contributed by atoms with Crippen molar-refractivity contribution in [1.29, 1.82) is 0 Å². The van der Waals surface area contributed by atoms with Gasteiger partial charge in [-0.2, -0.15) is 0 Å². The molecule has 1 aromatic carbocycles. The highest BCUT2D eigenvalue weighted by molar-refractivity contribution is 7.89. The van der Waals surface area contributed by atoms with Crippen molar-refractivity contribution in [2.75, 3.05) is 5.32 Å². The minimum atomic E-state index is -4.02. The molecule has 1 aliphatic rings. The van der Waals surface area contributed by atoms with Crippen LogP contribution in [0.25, 0.3) is 0 Å². The maximum Gasteiger partial charge on any atom is 0.243 e. The van der Waals surface area contributed by atoms with E-state index in [0.717, 1.165) is 18.9 Å². The van der Waals surface area contributed by atoms with Crippen LogP contribution in [-0.4, -0.2) is 14.5 Å². The van der Waals surface area contributed by atoms with E-state index in [1.54, 1.807) is 0 Å². The Hall–Kier alpha value is -1.14. The van der Waals surface area contributed by atoms with Gasteiger partial charge in [0.15, 0.2) is 0 Å². The quantitative estimate of drug-likeness (QED) is 0.815. The molecule has 0 unspecified atom stereocenters. The average molecular weight is 230 g/mol. The van der Waals surface area contributed by atoms with Crippen LogP contribution in [0.5, 0.6) is 0 Å². The van der Waals surface area contributed by atoms with Crippen LogP contribution >= 0.6 is 0 Å². The summed E-state index contributed by atoms with van der Waals surface area (Å²) in [7, 11) is -4.02. The molecular weight excluding hydrogens is 219 g/mol. The van der Waals surface area contributed by atoms with Crippen molar-refractivity contribution in [1.82, 2.24) is 0 Å². The first-order valence-corrected chi connectivity index (χ1v) is 6.11. The van der Waals surface area contributed by atoms with Gasteiger partial charge in [0, 0.05) is 6.04 Å². The number of nitrogens with one attached hydrogen (secondary N) is 1. The fourth-order valence-electron chi connectivity index (χ4n) is 1.36. The molecule has 0 radical (unpaired) electrons. The Balaban J connectivity index is 2.47. The van der Waals surface area contributed by atoms with Crippen LogP contribution in [0.2, 0.25) is 0 Å². The van der Waals surface area contributed by atoms with Crippen molar-refractivity contribution in [2.24, 2.45) is 5.14 Å². The summed E-state index contributed by atoms with van der Waals surface area (Å²) in [5.41, 5.74) is 0.250. The van der Waals surface area contributed by atoms with Gasteiger partial charge in [-0.15, -0.1) is 0 Å². The predicted octanol–water partition coefficient (Wildman–Crippen LogP) is 1.05. The second-order valence-electron chi connectivity index (χ2n) is 3.58. The van der Waals surface area contributed by atoms with Crippen molar-refractivity contribution in [3.8, 4) is 0 Å². The summed E-state index contributed by atoms with van der Waals surface area (Å²) in [5, 5.41) is 7.88. The molecule has 0 heterocycles. The zero-order valence-electron chi connectivity index (χ0n) is 7.90. The third kappa shape index (κ3) is 2.27. The van der Waals surface area contributed by atoms with Gasteiger partial charge in [-0.05, 0) is 25.0 Å². The van der Waals surface area contributed by atoms with Crippen molar-refractivity contribution in [2.45, 2.75) is 23.8 Å². The second-order valence-corrected chi connectivity index (χ2v) is 5.08. The molecule has 4 nitrogen and oxygen atoms in total. The molecule has 15 heavy (non-hydrogen) atoms. The standard InChI is InChI=1S/C9H11FN2O2S/c10-7-2-1-3-8(12-6-4-5-6)9(7)15(11,13)14/h1-3,6,12H,4-5H2,(H2,11,13,14). The number of hydrogen-bond acceptors (Lipinski definition) is 3. The van der Waals surface area contributed by atoms with Crippen molar-refractivity contribution in [3.05, 3.63) is 24.0 Å². The summed E-state index contributed by atoms with van der Waals surface area (Å²) >= 11 is 0. The molecule has 0 spiro atoms. The van der Waals surface area contributed by atoms with Gasteiger partial charge in [-0.1, -0.05) is 6.07 Å². The summed E-state index contributed by atoms with van der Waals surface area (Å²) in [6.07, 6.45) is 1.95. The summed E-state index contributed by atoms with van der Waals surface area (Å²) < 4.78 is 35.7. The van der Waals surface area contributed by atoms with Crippen molar-refractivity contribution >= 4 is 15.7 Å². The lowest BCUT2D eigenvalue weighted by molar-refractivity contribution is 0.569. The lowest BCUT2D eigenvalue weighted by Crippen LogP contribution is -2.17. The molecule has 1 saturated carbocycles. The predicted molar refractivity (Wildman–Crippen MR) is 54.4 cm³/mol. The highest BCUT2D eigenvalue weighted by Crippen LogP contribution is 2.29. The Kier molecular flexibility index (Phi) is 2.40. The number of hydrogen-bond donors (Lipinski definition) is 2. The largest absolute Gasteiger partial charge is 0.381 e. The molecule has 1 aliphatic carbocycles. The molecule has 82 valence electrons. The maximum absolute atomic E-state index is 13.3. The Morgan fingerprint density at radius 3 is 2.60 bits per heavy atom. The van der Waals surface area contributed by atoms with Crippen LogP contribution in [0.4, 0.5) is 10.1 Å². The topological polar surface area (TPSA) is 72.2 Å². The Morgan fingerprint density at radius 1 is 1.40 bits per heavy atom. The van der Waals surface area contributed by atoms with E-state index in [-0.39, 0.29) is 11.7 Å². The van der Waals surface area contributed by atoms with Gasteiger partial charge in [-0.25, -0.2) is 17.9 Å². The minimum Gasteiger partial charge on any atom is -0.381 e. The van der Waals surface area contributed by atoms with Crippen LogP contribution in [-0.2, 0) is 10.0 Å². The molecular formula is C9H11FN2O2S. The normalized spacial score (nSPS) is 16.4. The molecule has 0 bridgehead atoms. The Bertz CT molecular complexity index is 483. The highest BCUT2D eigenvalue weighted by Gasteiger charge is 2.25. The lowest BCUT2D eigenvalue weighted by Gasteiger charge is -2.10. The van der Waals surface area contributed by atoms with Crippen LogP contribution < -0.4 is 10.5 Å². The SMILES string of the molecule is NS(=O)(=O)c1c(F)cccc1NC1CC1. The third-order valence-corrected chi connectivity index (χ3v) is 3.17. The molecule has 0 atom stereocenters. The highest BCUT2D eigenvalue weighted by atomic mass is 32.2. The molecule has 1 aromatic rings. The Morgan fingerprint density at radius 2 is 2.07 bits per heavy atom. The molecule has 0 aliphatic heterocycles. The van der Waals surface area contributed by atoms with Crippen LogP contribution in [0, 0.1) is 5.82 Å². The molecule has 2 rings (SSSR count). The zero-order valence-corrected chi connectivity index (χ0v) is 8.72.